The molecule has 1 aromatic heterocycles. The van der Waals surface area contributed by atoms with E-state index in [1.54, 1.807) is 0 Å². The van der Waals surface area contributed by atoms with Crippen molar-refractivity contribution in [1.82, 2.24) is 4.98 Å². The zero-order chi connectivity index (χ0) is 17.4. The number of rotatable bonds is 4. The van der Waals surface area contributed by atoms with Gasteiger partial charge in [0, 0.05) is 5.39 Å². The van der Waals surface area contributed by atoms with Crippen LogP contribution < -0.4 is 5.32 Å². The van der Waals surface area contributed by atoms with Gasteiger partial charge >= 0.3 is 0 Å². The first-order chi connectivity index (χ1) is 12.0. The number of aryl methyl sites for hydroxylation is 1. The maximum atomic E-state index is 4.91. The third-order valence-electron chi connectivity index (χ3n) is 5.47. The second kappa shape index (κ2) is 6.18. The van der Waals surface area contributed by atoms with Crippen molar-refractivity contribution in [1.29, 1.82) is 0 Å². The van der Waals surface area contributed by atoms with Gasteiger partial charge in [0.25, 0.3) is 0 Å². The maximum Gasteiger partial charge on any atom is 0.130 e. The molecule has 0 aliphatic heterocycles. The summed E-state index contributed by atoms with van der Waals surface area (Å²) >= 11 is 0. The molecule has 4 rings (SSSR count). The Morgan fingerprint density at radius 2 is 1.68 bits per heavy atom. The van der Waals surface area contributed by atoms with Gasteiger partial charge in [-0.2, -0.15) is 0 Å². The van der Waals surface area contributed by atoms with Gasteiger partial charge in [0.2, 0.25) is 0 Å². The molecular weight excluding hydrogens is 304 g/mol. The highest BCUT2D eigenvalue weighted by molar-refractivity contribution is 5.81. The van der Waals surface area contributed by atoms with E-state index in [1.165, 1.54) is 29.4 Å². The van der Waals surface area contributed by atoms with Gasteiger partial charge < -0.3 is 5.32 Å². The molecule has 128 valence electrons. The molecule has 1 heterocycles. The van der Waals surface area contributed by atoms with E-state index >= 15 is 0 Å². The summed E-state index contributed by atoms with van der Waals surface area (Å²) in [6, 6.07) is 21.7. The molecule has 0 saturated heterocycles. The second-order valence-corrected chi connectivity index (χ2v) is 8.21. The van der Waals surface area contributed by atoms with Crippen LogP contribution in [0.15, 0.2) is 60.7 Å². The minimum Gasteiger partial charge on any atom is -0.363 e. The summed E-state index contributed by atoms with van der Waals surface area (Å²) in [4.78, 5) is 4.91. The van der Waals surface area contributed by atoms with Gasteiger partial charge in [-0.3, -0.25) is 0 Å². The van der Waals surface area contributed by atoms with Crippen LogP contribution in [0.5, 0.6) is 0 Å². The van der Waals surface area contributed by atoms with Crippen LogP contribution in [0.1, 0.15) is 43.9 Å². The van der Waals surface area contributed by atoms with E-state index in [0.717, 1.165) is 11.3 Å². The Bertz CT molecular complexity index is 875. The lowest BCUT2D eigenvalue weighted by Gasteiger charge is -2.47. The normalized spacial score (nSPS) is 17.9. The summed E-state index contributed by atoms with van der Waals surface area (Å²) in [5.41, 5.74) is 4.08. The van der Waals surface area contributed by atoms with Crippen molar-refractivity contribution >= 4 is 16.7 Å². The summed E-state index contributed by atoms with van der Waals surface area (Å²) in [5, 5.41) is 4.98. The van der Waals surface area contributed by atoms with Gasteiger partial charge in [-0.1, -0.05) is 62.4 Å². The van der Waals surface area contributed by atoms with E-state index in [2.05, 4.69) is 86.8 Å². The van der Waals surface area contributed by atoms with E-state index in [-0.39, 0.29) is 0 Å². The SMILES string of the molecule is Cc1cc2ccccc2nc1NC(c1ccccc1)C1CC(C)(C)C1. The Morgan fingerprint density at radius 3 is 2.40 bits per heavy atom. The van der Waals surface area contributed by atoms with Gasteiger partial charge in [0.05, 0.1) is 11.6 Å². The number of fused-ring (bicyclic) bond motifs is 1. The number of para-hydroxylation sites is 1. The molecule has 1 aliphatic rings. The van der Waals surface area contributed by atoms with Crippen LogP contribution >= 0.6 is 0 Å². The highest BCUT2D eigenvalue weighted by Gasteiger charge is 2.41. The molecule has 1 atom stereocenters. The van der Waals surface area contributed by atoms with Gasteiger partial charge in [0.1, 0.15) is 5.82 Å². The first-order valence-electron chi connectivity index (χ1n) is 9.20. The van der Waals surface area contributed by atoms with Gasteiger partial charge in [0.15, 0.2) is 0 Å². The van der Waals surface area contributed by atoms with E-state index in [0.29, 0.717) is 17.4 Å². The average molecular weight is 330 g/mol. The largest absolute Gasteiger partial charge is 0.363 e. The molecule has 1 N–H and O–H groups in total. The lowest BCUT2D eigenvalue weighted by atomic mass is 9.61. The number of pyridine rings is 1. The molecule has 2 nitrogen and oxygen atoms in total. The summed E-state index contributed by atoms with van der Waals surface area (Å²) in [5.74, 6) is 1.67. The first-order valence-corrected chi connectivity index (χ1v) is 9.20. The Kier molecular flexibility index (Phi) is 3.99. The first kappa shape index (κ1) is 16.1. The highest BCUT2D eigenvalue weighted by atomic mass is 15.0. The molecule has 0 bridgehead atoms. The van der Waals surface area contributed by atoms with Crippen LogP contribution in [0, 0.1) is 18.3 Å². The predicted molar refractivity (Wildman–Crippen MR) is 106 cm³/mol. The van der Waals surface area contributed by atoms with Crippen LogP contribution in [0.25, 0.3) is 10.9 Å². The van der Waals surface area contributed by atoms with Gasteiger partial charge in [-0.25, -0.2) is 4.98 Å². The number of benzene rings is 2. The van der Waals surface area contributed by atoms with E-state index < -0.39 is 0 Å². The molecule has 1 fully saturated rings. The maximum absolute atomic E-state index is 4.91. The number of nitrogens with one attached hydrogen (secondary N) is 1. The summed E-state index contributed by atoms with van der Waals surface area (Å²) in [7, 11) is 0. The molecule has 3 aromatic rings. The van der Waals surface area contributed by atoms with Crippen LogP contribution in [0.3, 0.4) is 0 Å². The number of anilines is 1. The average Bonchev–Trinajstić information content (AvgIpc) is 2.58. The molecule has 1 unspecified atom stereocenters. The number of nitrogens with zero attached hydrogens (tertiary/aromatic N) is 1. The lowest BCUT2D eigenvalue weighted by molar-refractivity contribution is 0.0811. The molecule has 0 radical (unpaired) electrons. The monoisotopic (exact) mass is 330 g/mol. The highest BCUT2D eigenvalue weighted by Crippen LogP contribution is 2.51. The van der Waals surface area contributed by atoms with Crippen LogP contribution in [0.4, 0.5) is 5.82 Å². The molecule has 2 heteroatoms. The van der Waals surface area contributed by atoms with Gasteiger partial charge in [-0.15, -0.1) is 0 Å². The minimum atomic E-state index is 0.321. The zero-order valence-electron chi connectivity index (χ0n) is 15.3. The number of hydrogen-bond donors (Lipinski definition) is 1. The summed E-state index contributed by atoms with van der Waals surface area (Å²) in [6.07, 6.45) is 2.51. The molecule has 1 aliphatic carbocycles. The fourth-order valence-corrected chi connectivity index (χ4v) is 4.24. The number of hydrogen-bond acceptors (Lipinski definition) is 2. The smallest absolute Gasteiger partial charge is 0.130 e. The van der Waals surface area contributed by atoms with E-state index in [4.69, 9.17) is 4.98 Å². The minimum absolute atomic E-state index is 0.321. The molecule has 25 heavy (non-hydrogen) atoms. The predicted octanol–water partition coefficient (Wildman–Crippen LogP) is 6.13. The Morgan fingerprint density at radius 1 is 1.00 bits per heavy atom. The van der Waals surface area contributed by atoms with Crippen molar-refractivity contribution in [2.45, 2.75) is 39.7 Å². The standard InChI is InChI=1S/C23H26N2/c1-16-13-18-11-7-8-12-20(18)24-22(16)25-21(17-9-5-4-6-10-17)19-14-23(2,3)15-19/h4-13,19,21H,14-15H2,1-3H3,(H,24,25). The number of aromatic nitrogens is 1. The second-order valence-electron chi connectivity index (χ2n) is 8.21. The van der Waals surface area contributed by atoms with Crippen LogP contribution in [-0.2, 0) is 0 Å². The Hall–Kier alpha value is -2.35. The summed E-state index contributed by atoms with van der Waals surface area (Å²) in [6.45, 7) is 6.88. The third kappa shape index (κ3) is 3.26. The Labute approximate surface area is 150 Å². The molecular formula is C23H26N2. The quantitative estimate of drug-likeness (QED) is 0.622. The van der Waals surface area contributed by atoms with Crippen LogP contribution in [-0.4, -0.2) is 4.98 Å². The van der Waals surface area contributed by atoms with Crippen molar-refractivity contribution in [2.24, 2.45) is 11.3 Å². The van der Waals surface area contributed by atoms with E-state index in [1.807, 2.05) is 0 Å². The lowest BCUT2D eigenvalue weighted by Crippen LogP contribution is -2.38. The fourth-order valence-electron chi connectivity index (χ4n) is 4.24. The zero-order valence-corrected chi connectivity index (χ0v) is 15.3. The van der Waals surface area contributed by atoms with E-state index in [9.17, 15) is 0 Å². The molecule has 0 amide bonds. The molecule has 2 aromatic carbocycles. The summed E-state index contributed by atoms with van der Waals surface area (Å²) < 4.78 is 0. The topological polar surface area (TPSA) is 24.9 Å². The molecule has 0 spiro atoms. The van der Waals surface area contributed by atoms with Crippen molar-refractivity contribution < 1.29 is 0 Å². The Balaban J connectivity index is 1.68. The third-order valence-corrected chi connectivity index (χ3v) is 5.47. The molecule has 1 saturated carbocycles. The van der Waals surface area contributed by atoms with Crippen molar-refractivity contribution in [3.8, 4) is 0 Å². The van der Waals surface area contributed by atoms with Crippen molar-refractivity contribution in [3.63, 3.8) is 0 Å². The fraction of sp³-hybridized carbons (Fsp3) is 0.348. The van der Waals surface area contributed by atoms with Gasteiger partial charge in [-0.05, 0) is 54.4 Å². The van der Waals surface area contributed by atoms with Crippen molar-refractivity contribution in [2.75, 3.05) is 5.32 Å². The van der Waals surface area contributed by atoms with Crippen molar-refractivity contribution in [3.05, 3.63) is 71.8 Å². The van der Waals surface area contributed by atoms with Crippen LogP contribution in [0.2, 0.25) is 0 Å².